The molecule has 0 radical (unpaired) electrons. The molecule has 0 aromatic carbocycles. The standard InChI is InChI=1S/C12H24N2/c1-7-8-9-14(11(4)5)12(6)13-10(2)3/h8-11H,7H2,1-6H3/b9-8+,13-12-. The van der Waals surface area contributed by atoms with Crippen molar-refractivity contribution >= 4 is 5.84 Å². The van der Waals surface area contributed by atoms with Crippen LogP contribution in [0.5, 0.6) is 0 Å². The lowest BCUT2D eigenvalue weighted by molar-refractivity contribution is 0.451. The van der Waals surface area contributed by atoms with E-state index >= 15 is 0 Å². The van der Waals surface area contributed by atoms with Crippen molar-refractivity contribution in [2.75, 3.05) is 0 Å². The second kappa shape index (κ2) is 6.63. The van der Waals surface area contributed by atoms with Gasteiger partial charge in [-0.05, 0) is 41.0 Å². The molecule has 0 rings (SSSR count). The van der Waals surface area contributed by atoms with Crippen molar-refractivity contribution in [1.82, 2.24) is 4.90 Å². The maximum Gasteiger partial charge on any atom is 0.100 e. The Labute approximate surface area is 88.7 Å². The van der Waals surface area contributed by atoms with Gasteiger partial charge in [0.1, 0.15) is 5.84 Å². The van der Waals surface area contributed by atoms with Crippen LogP contribution in [-0.4, -0.2) is 22.8 Å². The molecule has 0 aliphatic heterocycles. The molecule has 0 saturated carbocycles. The molecule has 82 valence electrons. The highest BCUT2D eigenvalue weighted by molar-refractivity contribution is 5.81. The Bertz CT molecular complexity index is 202. The first-order valence-corrected chi connectivity index (χ1v) is 5.48. The van der Waals surface area contributed by atoms with Crippen LogP contribution in [0.1, 0.15) is 48.0 Å². The number of allylic oxidation sites excluding steroid dienone is 1. The van der Waals surface area contributed by atoms with Crippen LogP contribution in [0, 0.1) is 0 Å². The molecule has 0 aromatic heterocycles. The summed E-state index contributed by atoms with van der Waals surface area (Å²) in [6.45, 7) is 12.8. The first-order chi connectivity index (χ1) is 6.49. The molecular weight excluding hydrogens is 172 g/mol. The Hall–Kier alpha value is -0.790. The van der Waals surface area contributed by atoms with Gasteiger partial charge in [-0.2, -0.15) is 0 Å². The molecule has 0 fully saturated rings. The summed E-state index contributed by atoms with van der Waals surface area (Å²) in [5.74, 6) is 1.10. The van der Waals surface area contributed by atoms with E-state index < -0.39 is 0 Å². The van der Waals surface area contributed by atoms with Crippen LogP contribution in [0.25, 0.3) is 0 Å². The fourth-order valence-electron chi connectivity index (χ4n) is 1.31. The normalized spacial score (nSPS) is 13.3. The Balaban J connectivity index is 4.57. The topological polar surface area (TPSA) is 15.6 Å². The summed E-state index contributed by atoms with van der Waals surface area (Å²) in [5, 5.41) is 0. The van der Waals surface area contributed by atoms with Crippen molar-refractivity contribution in [1.29, 1.82) is 0 Å². The van der Waals surface area contributed by atoms with E-state index in [4.69, 9.17) is 0 Å². The van der Waals surface area contributed by atoms with Gasteiger partial charge in [-0.1, -0.05) is 13.0 Å². The number of hydrogen-bond acceptors (Lipinski definition) is 1. The second-order valence-electron chi connectivity index (χ2n) is 4.06. The van der Waals surface area contributed by atoms with Crippen LogP contribution < -0.4 is 0 Å². The molecule has 2 heteroatoms. The minimum atomic E-state index is 0.367. The molecule has 0 N–H and O–H groups in total. The molecule has 0 bridgehead atoms. The predicted octanol–water partition coefficient (Wildman–Crippen LogP) is 3.45. The summed E-state index contributed by atoms with van der Waals surface area (Å²) >= 11 is 0. The van der Waals surface area contributed by atoms with Gasteiger partial charge in [0.15, 0.2) is 0 Å². The summed E-state index contributed by atoms with van der Waals surface area (Å²) < 4.78 is 0. The summed E-state index contributed by atoms with van der Waals surface area (Å²) in [5.41, 5.74) is 0. The smallest absolute Gasteiger partial charge is 0.100 e. The lowest BCUT2D eigenvalue weighted by Gasteiger charge is -2.25. The molecule has 0 heterocycles. The molecule has 14 heavy (non-hydrogen) atoms. The fourth-order valence-corrected chi connectivity index (χ4v) is 1.31. The minimum Gasteiger partial charge on any atom is -0.335 e. The molecule has 2 nitrogen and oxygen atoms in total. The van der Waals surface area contributed by atoms with Gasteiger partial charge >= 0.3 is 0 Å². The predicted molar refractivity (Wildman–Crippen MR) is 64.7 cm³/mol. The summed E-state index contributed by atoms with van der Waals surface area (Å²) in [7, 11) is 0. The van der Waals surface area contributed by atoms with Gasteiger partial charge < -0.3 is 4.90 Å². The molecule has 0 unspecified atom stereocenters. The largest absolute Gasteiger partial charge is 0.335 e. The maximum atomic E-state index is 4.54. The van der Waals surface area contributed by atoms with Gasteiger partial charge in [0, 0.05) is 18.3 Å². The maximum absolute atomic E-state index is 4.54. The average Bonchev–Trinajstić information content (AvgIpc) is 2.02. The van der Waals surface area contributed by atoms with Crippen molar-refractivity contribution < 1.29 is 0 Å². The zero-order valence-electron chi connectivity index (χ0n) is 10.4. The number of hydrogen-bond donors (Lipinski definition) is 0. The highest BCUT2D eigenvalue weighted by atomic mass is 15.2. The van der Waals surface area contributed by atoms with E-state index in [-0.39, 0.29) is 0 Å². The average molecular weight is 196 g/mol. The van der Waals surface area contributed by atoms with Crippen molar-refractivity contribution in [3.63, 3.8) is 0 Å². The third-order valence-electron chi connectivity index (χ3n) is 1.88. The van der Waals surface area contributed by atoms with Crippen molar-refractivity contribution in [3.8, 4) is 0 Å². The van der Waals surface area contributed by atoms with Crippen LogP contribution >= 0.6 is 0 Å². The highest BCUT2D eigenvalue weighted by Gasteiger charge is 2.07. The molecule has 0 aliphatic rings. The van der Waals surface area contributed by atoms with Crippen LogP contribution in [-0.2, 0) is 0 Å². The van der Waals surface area contributed by atoms with Crippen LogP contribution in [0.4, 0.5) is 0 Å². The van der Waals surface area contributed by atoms with Crippen molar-refractivity contribution in [3.05, 3.63) is 12.3 Å². The number of nitrogens with zero attached hydrogens (tertiary/aromatic N) is 2. The molecule has 0 atom stereocenters. The van der Waals surface area contributed by atoms with E-state index in [1.807, 2.05) is 0 Å². The molecule has 0 aromatic rings. The monoisotopic (exact) mass is 196 g/mol. The minimum absolute atomic E-state index is 0.367. The van der Waals surface area contributed by atoms with E-state index in [0.717, 1.165) is 12.3 Å². The van der Waals surface area contributed by atoms with Gasteiger partial charge in [0.2, 0.25) is 0 Å². The fraction of sp³-hybridized carbons (Fsp3) is 0.750. The third-order valence-corrected chi connectivity index (χ3v) is 1.88. The summed E-state index contributed by atoms with van der Waals surface area (Å²) in [6, 6.07) is 0.839. The lowest BCUT2D eigenvalue weighted by atomic mass is 10.3. The van der Waals surface area contributed by atoms with E-state index in [2.05, 4.69) is 63.7 Å². The zero-order valence-corrected chi connectivity index (χ0v) is 10.4. The van der Waals surface area contributed by atoms with Crippen molar-refractivity contribution in [2.24, 2.45) is 4.99 Å². The zero-order chi connectivity index (χ0) is 11.1. The molecule has 0 aliphatic carbocycles. The van der Waals surface area contributed by atoms with E-state index in [1.165, 1.54) is 0 Å². The first-order valence-electron chi connectivity index (χ1n) is 5.48. The van der Waals surface area contributed by atoms with Gasteiger partial charge in [-0.15, -0.1) is 0 Å². The molecular formula is C12H24N2. The molecule has 0 amide bonds. The Morgan fingerprint density at radius 2 is 1.86 bits per heavy atom. The molecule has 0 spiro atoms. The van der Waals surface area contributed by atoms with Gasteiger partial charge in [0.25, 0.3) is 0 Å². The first kappa shape index (κ1) is 13.2. The van der Waals surface area contributed by atoms with Gasteiger partial charge in [0.05, 0.1) is 0 Å². The molecule has 0 saturated heterocycles. The summed E-state index contributed by atoms with van der Waals surface area (Å²) in [4.78, 5) is 6.75. The van der Waals surface area contributed by atoms with E-state index in [0.29, 0.717) is 12.1 Å². The number of amidine groups is 1. The van der Waals surface area contributed by atoms with Crippen LogP contribution in [0.2, 0.25) is 0 Å². The lowest BCUT2D eigenvalue weighted by Crippen LogP contribution is -2.30. The SMILES string of the molecule is CC/C=C/N(/C(C)=N\C(C)C)C(C)C. The Kier molecular flexibility index (Phi) is 6.26. The quantitative estimate of drug-likeness (QED) is 0.497. The van der Waals surface area contributed by atoms with Crippen molar-refractivity contribution in [2.45, 2.75) is 60.0 Å². The van der Waals surface area contributed by atoms with Gasteiger partial charge in [-0.3, -0.25) is 4.99 Å². The highest BCUT2D eigenvalue weighted by Crippen LogP contribution is 2.03. The van der Waals surface area contributed by atoms with E-state index in [9.17, 15) is 0 Å². The third kappa shape index (κ3) is 5.05. The number of rotatable bonds is 4. The number of aliphatic imine (C=N–C) groups is 1. The Morgan fingerprint density at radius 3 is 2.21 bits per heavy atom. The second-order valence-corrected chi connectivity index (χ2v) is 4.06. The van der Waals surface area contributed by atoms with Crippen LogP contribution in [0.15, 0.2) is 17.3 Å². The van der Waals surface area contributed by atoms with Crippen LogP contribution in [0.3, 0.4) is 0 Å². The van der Waals surface area contributed by atoms with Gasteiger partial charge in [-0.25, -0.2) is 0 Å². The Morgan fingerprint density at radius 1 is 1.29 bits per heavy atom. The summed E-state index contributed by atoms with van der Waals surface area (Å²) in [6.07, 6.45) is 5.36. The van der Waals surface area contributed by atoms with E-state index in [1.54, 1.807) is 0 Å².